The van der Waals surface area contributed by atoms with Gasteiger partial charge in [0.05, 0.1) is 24.3 Å². The molecule has 1 N–H and O–H groups in total. The van der Waals surface area contributed by atoms with Crippen LogP contribution in [0, 0.1) is 5.92 Å². The summed E-state index contributed by atoms with van der Waals surface area (Å²) in [5, 5.41) is 3.22. The van der Waals surface area contributed by atoms with Gasteiger partial charge in [0.1, 0.15) is 11.7 Å². The van der Waals surface area contributed by atoms with Crippen LogP contribution >= 0.6 is 0 Å². The van der Waals surface area contributed by atoms with Crippen molar-refractivity contribution in [2.75, 3.05) is 19.6 Å². The van der Waals surface area contributed by atoms with Gasteiger partial charge in [0, 0.05) is 11.5 Å². The van der Waals surface area contributed by atoms with Gasteiger partial charge in [-0.05, 0) is 46.7 Å². The molecule has 2 aliphatic rings. The average Bonchev–Trinajstić information content (AvgIpc) is 2.54. The van der Waals surface area contributed by atoms with Gasteiger partial charge in [-0.1, -0.05) is 0 Å². The van der Waals surface area contributed by atoms with Gasteiger partial charge < -0.3 is 10.2 Å². The Morgan fingerprint density at radius 1 is 1.26 bits per heavy atom. The molecule has 0 saturated carbocycles. The third-order valence-electron chi connectivity index (χ3n) is 4.32. The predicted octanol–water partition coefficient (Wildman–Crippen LogP) is 0.931. The van der Waals surface area contributed by atoms with E-state index in [1.54, 1.807) is 4.90 Å². The van der Waals surface area contributed by atoms with Gasteiger partial charge in [-0.15, -0.1) is 0 Å². The molecule has 2 heterocycles. The van der Waals surface area contributed by atoms with E-state index in [-0.39, 0.29) is 36.0 Å². The van der Waals surface area contributed by atoms with E-state index in [4.69, 9.17) is 0 Å². The topological polar surface area (TPSA) is 78.8 Å². The molecule has 0 aromatic heterocycles. The molecular formula is C17H23N3O3. The summed E-state index contributed by atoms with van der Waals surface area (Å²) in [6, 6.07) is 0. The number of carbonyl (C=O) groups is 1. The van der Waals surface area contributed by atoms with Crippen molar-refractivity contribution in [3.05, 3.63) is 11.4 Å². The van der Waals surface area contributed by atoms with Crippen LogP contribution < -0.4 is 5.32 Å². The maximum atomic E-state index is 12.4. The third kappa shape index (κ3) is 4.05. The van der Waals surface area contributed by atoms with Crippen molar-refractivity contribution in [1.82, 2.24) is 10.2 Å². The zero-order valence-electron chi connectivity index (χ0n) is 13.9. The second kappa shape index (κ2) is 7.05. The Labute approximate surface area is 136 Å². The first-order valence-electron chi connectivity index (χ1n) is 7.95. The molecule has 2 rings (SSSR count). The molecule has 0 radical (unpaired) electrons. The van der Waals surface area contributed by atoms with Gasteiger partial charge in [0.2, 0.25) is 5.82 Å². The highest BCUT2D eigenvalue weighted by Crippen LogP contribution is 2.26. The smallest absolute Gasteiger partial charge is 0.216 e. The summed E-state index contributed by atoms with van der Waals surface area (Å²) in [6.07, 6.45) is 1.69. The standard InChI is InChI=1S/C17H23N3O3/c1-17(2,3)20-9-13(10-21)14(19-16(20)11-22)8-15(23)12-4-6-18-7-5-12/h12,18H,4-9H2,1-3H3. The second-order valence-electron chi connectivity index (χ2n) is 6.99. The van der Waals surface area contributed by atoms with E-state index < -0.39 is 0 Å². The Morgan fingerprint density at radius 3 is 2.43 bits per heavy atom. The van der Waals surface area contributed by atoms with Crippen LogP contribution in [0.3, 0.4) is 0 Å². The highest BCUT2D eigenvalue weighted by Gasteiger charge is 2.33. The lowest BCUT2D eigenvalue weighted by Gasteiger charge is -2.38. The lowest BCUT2D eigenvalue weighted by atomic mass is 9.89. The molecule has 0 unspecified atom stereocenters. The highest BCUT2D eigenvalue weighted by atomic mass is 16.1. The first-order valence-corrected chi connectivity index (χ1v) is 7.95. The maximum Gasteiger partial charge on any atom is 0.216 e. The van der Waals surface area contributed by atoms with Crippen molar-refractivity contribution in [1.29, 1.82) is 0 Å². The van der Waals surface area contributed by atoms with E-state index >= 15 is 0 Å². The van der Waals surface area contributed by atoms with Gasteiger partial charge in [-0.2, -0.15) is 0 Å². The van der Waals surface area contributed by atoms with E-state index in [0.29, 0.717) is 11.3 Å². The fourth-order valence-electron chi connectivity index (χ4n) is 2.90. The van der Waals surface area contributed by atoms with Gasteiger partial charge in [0.25, 0.3) is 0 Å². The SMILES string of the molecule is CC(C)(C)N1CC(=C=O)C(CC(=O)C2CCNCC2)=NC1=C=O. The maximum absolute atomic E-state index is 12.4. The number of Topliss-reactive ketones (excluding diaryl/α,β-unsaturated/α-hetero) is 1. The van der Waals surface area contributed by atoms with Crippen molar-refractivity contribution in [2.24, 2.45) is 10.9 Å². The molecule has 124 valence electrons. The van der Waals surface area contributed by atoms with Crippen LogP contribution in [0.15, 0.2) is 16.4 Å². The van der Waals surface area contributed by atoms with Crippen molar-refractivity contribution in [2.45, 2.75) is 45.6 Å². The van der Waals surface area contributed by atoms with Crippen molar-refractivity contribution >= 4 is 23.4 Å². The van der Waals surface area contributed by atoms with Gasteiger partial charge in [0.15, 0.2) is 5.94 Å². The van der Waals surface area contributed by atoms with Crippen LogP contribution in [0.25, 0.3) is 0 Å². The van der Waals surface area contributed by atoms with E-state index in [2.05, 4.69) is 10.3 Å². The average molecular weight is 317 g/mol. The zero-order chi connectivity index (χ0) is 17.0. The molecule has 2 aliphatic heterocycles. The molecule has 1 saturated heterocycles. The fraction of sp³-hybridized carbons (Fsp3) is 0.647. The summed E-state index contributed by atoms with van der Waals surface area (Å²) in [5.74, 6) is 3.94. The zero-order valence-corrected chi connectivity index (χ0v) is 13.9. The van der Waals surface area contributed by atoms with Crippen molar-refractivity contribution in [3.63, 3.8) is 0 Å². The van der Waals surface area contributed by atoms with Crippen LogP contribution in [0.5, 0.6) is 0 Å². The number of rotatable bonds is 3. The van der Waals surface area contributed by atoms with Gasteiger partial charge in [-0.3, -0.25) is 4.79 Å². The molecule has 0 spiro atoms. The molecule has 0 aliphatic carbocycles. The Kier molecular flexibility index (Phi) is 5.32. The molecule has 0 amide bonds. The predicted molar refractivity (Wildman–Crippen MR) is 87.5 cm³/mol. The van der Waals surface area contributed by atoms with E-state index in [0.717, 1.165) is 25.9 Å². The van der Waals surface area contributed by atoms with Crippen LogP contribution in [0.4, 0.5) is 0 Å². The summed E-state index contributed by atoms with van der Waals surface area (Å²) in [7, 11) is 0. The molecule has 6 nitrogen and oxygen atoms in total. The Bertz CT molecular complexity index is 611. The van der Waals surface area contributed by atoms with Crippen LogP contribution in [-0.4, -0.2) is 53.5 Å². The van der Waals surface area contributed by atoms with Gasteiger partial charge in [-0.25, -0.2) is 14.6 Å². The molecule has 0 atom stereocenters. The first kappa shape index (κ1) is 17.4. The van der Waals surface area contributed by atoms with Gasteiger partial charge >= 0.3 is 0 Å². The van der Waals surface area contributed by atoms with Crippen molar-refractivity contribution < 1.29 is 14.4 Å². The molecule has 1 fully saturated rings. The summed E-state index contributed by atoms with van der Waals surface area (Å²) in [6.45, 7) is 7.66. The normalized spacial score (nSPS) is 20.0. The second-order valence-corrected chi connectivity index (χ2v) is 6.99. The lowest BCUT2D eigenvalue weighted by molar-refractivity contribution is -0.122. The highest BCUT2D eigenvalue weighted by molar-refractivity contribution is 6.16. The number of hydrogen-bond acceptors (Lipinski definition) is 6. The van der Waals surface area contributed by atoms with Crippen LogP contribution in [0.2, 0.25) is 0 Å². The molecule has 6 heteroatoms. The first-order chi connectivity index (χ1) is 10.9. The summed E-state index contributed by atoms with van der Waals surface area (Å²) >= 11 is 0. The Hall–Kier alpha value is -2.00. The van der Waals surface area contributed by atoms with E-state index in [1.165, 1.54) is 0 Å². The summed E-state index contributed by atoms with van der Waals surface area (Å²) < 4.78 is 0. The summed E-state index contributed by atoms with van der Waals surface area (Å²) in [4.78, 5) is 40.9. The lowest BCUT2D eigenvalue weighted by Crippen LogP contribution is -2.45. The minimum absolute atomic E-state index is 0.00356. The Balaban J connectivity index is 2.23. The number of hydrogen-bond donors (Lipinski definition) is 1. The Morgan fingerprint density at radius 2 is 1.91 bits per heavy atom. The van der Waals surface area contributed by atoms with Crippen LogP contribution in [-0.2, 0) is 14.4 Å². The molecule has 23 heavy (non-hydrogen) atoms. The largest absolute Gasteiger partial charge is 0.337 e. The number of aliphatic imine (C=N–C) groups is 1. The minimum atomic E-state index is -0.372. The minimum Gasteiger partial charge on any atom is -0.337 e. The van der Waals surface area contributed by atoms with E-state index in [9.17, 15) is 14.4 Å². The number of ketones is 1. The number of piperidine rings is 1. The number of carbonyl (C=O) groups excluding carboxylic acids is 3. The fourth-order valence-corrected chi connectivity index (χ4v) is 2.90. The molecule has 0 aromatic carbocycles. The number of nitrogens with zero attached hydrogens (tertiary/aromatic N) is 2. The summed E-state index contributed by atoms with van der Waals surface area (Å²) in [5.41, 5.74) is 0.340. The van der Waals surface area contributed by atoms with Crippen molar-refractivity contribution in [3.8, 4) is 0 Å². The third-order valence-corrected chi connectivity index (χ3v) is 4.32. The molecule has 0 aromatic rings. The molecule has 0 bridgehead atoms. The quantitative estimate of drug-likeness (QED) is 0.784. The van der Waals surface area contributed by atoms with Crippen LogP contribution in [0.1, 0.15) is 40.0 Å². The molecular weight excluding hydrogens is 294 g/mol. The monoisotopic (exact) mass is 317 g/mol. The van der Waals surface area contributed by atoms with E-state index in [1.807, 2.05) is 32.7 Å². The number of nitrogens with one attached hydrogen (secondary N) is 1.